The van der Waals surface area contributed by atoms with Crippen molar-refractivity contribution in [2.24, 2.45) is 0 Å². The van der Waals surface area contributed by atoms with E-state index in [0.717, 1.165) is 23.3 Å². The minimum absolute atomic E-state index is 0.156. The van der Waals surface area contributed by atoms with Crippen molar-refractivity contribution in [2.75, 3.05) is 0 Å². The second-order valence-corrected chi connectivity index (χ2v) is 6.76. The molecule has 0 unspecified atom stereocenters. The molecule has 1 aliphatic heterocycles. The molecule has 6 heteroatoms. The Morgan fingerprint density at radius 1 is 1.15 bits per heavy atom. The highest BCUT2D eigenvalue weighted by molar-refractivity contribution is 5.54. The molecular formula is C20H17N3O3. The molecule has 0 bridgehead atoms. The molecule has 26 heavy (non-hydrogen) atoms. The first kappa shape index (κ1) is 16.2. The summed E-state index contributed by atoms with van der Waals surface area (Å²) >= 11 is 0. The van der Waals surface area contributed by atoms with Crippen molar-refractivity contribution < 1.29 is 13.9 Å². The maximum atomic E-state index is 8.85. The van der Waals surface area contributed by atoms with E-state index < -0.39 is 0 Å². The summed E-state index contributed by atoms with van der Waals surface area (Å²) in [7, 11) is 0. The standard InChI is InChI=1S/C20H17N3O3/c1-20(2)10-15-4-3-5-16(18(15)26-20)24-12-17-22-23-19(25-17)14-8-6-13(11-21)7-9-14/h3-9H,10,12H2,1-2H3. The largest absolute Gasteiger partial charge is 0.483 e. The lowest BCUT2D eigenvalue weighted by atomic mass is 10.0. The molecule has 0 saturated carbocycles. The first-order chi connectivity index (χ1) is 12.5. The van der Waals surface area contributed by atoms with E-state index in [-0.39, 0.29) is 12.2 Å². The molecule has 3 aromatic rings. The van der Waals surface area contributed by atoms with Crippen molar-refractivity contribution in [3.63, 3.8) is 0 Å². The molecule has 0 spiro atoms. The molecule has 2 aromatic carbocycles. The van der Waals surface area contributed by atoms with Gasteiger partial charge in [0.1, 0.15) is 5.60 Å². The van der Waals surface area contributed by atoms with Gasteiger partial charge in [0.25, 0.3) is 5.89 Å². The molecule has 0 fully saturated rings. The highest BCUT2D eigenvalue weighted by Crippen LogP contribution is 2.41. The van der Waals surface area contributed by atoms with Gasteiger partial charge in [-0.05, 0) is 44.2 Å². The Kier molecular flexibility index (Phi) is 3.85. The number of ether oxygens (including phenoxy) is 2. The van der Waals surface area contributed by atoms with Crippen molar-refractivity contribution in [1.29, 1.82) is 5.26 Å². The number of rotatable bonds is 4. The van der Waals surface area contributed by atoms with Gasteiger partial charge in [-0.2, -0.15) is 5.26 Å². The lowest BCUT2D eigenvalue weighted by Gasteiger charge is -2.18. The highest BCUT2D eigenvalue weighted by atomic mass is 16.5. The molecule has 1 aliphatic rings. The summed E-state index contributed by atoms with van der Waals surface area (Å²) in [6.07, 6.45) is 0.850. The zero-order chi connectivity index (χ0) is 18.1. The fourth-order valence-corrected chi connectivity index (χ4v) is 2.96. The lowest BCUT2D eigenvalue weighted by Crippen LogP contribution is -2.24. The van der Waals surface area contributed by atoms with E-state index in [1.54, 1.807) is 24.3 Å². The molecule has 0 amide bonds. The maximum absolute atomic E-state index is 8.85. The average molecular weight is 347 g/mol. The van der Waals surface area contributed by atoms with Crippen LogP contribution in [0.1, 0.15) is 30.9 Å². The minimum atomic E-state index is -0.227. The van der Waals surface area contributed by atoms with Crippen LogP contribution in [0.25, 0.3) is 11.5 Å². The van der Waals surface area contributed by atoms with Gasteiger partial charge in [0, 0.05) is 17.5 Å². The molecule has 0 N–H and O–H groups in total. The fourth-order valence-electron chi connectivity index (χ4n) is 2.96. The van der Waals surface area contributed by atoms with Crippen LogP contribution in [0.4, 0.5) is 0 Å². The Labute approximate surface area is 151 Å². The second kappa shape index (κ2) is 6.19. The van der Waals surface area contributed by atoms with Crippen molar-refractivity contribution in [2.45, 2.75) is 32.5 Å². The van der Waals surface area contributed by atoms with Crippen LogP contribution in [-0.4, -0.2) is 15.8 Å². The van der Waals surface area contributed by atoms with Crippen LogP contribution in [0.2, 0.25) is 0 Å². The van der Waals surface area contributed by atoms with Gasteiger partial charge in [-0.25, -0.2) is 0 Å². The number of benzene rings is 2. The van der Waals surface area contributed by atoms with E-state index in [0.29, 0.717) is 23.1 Å². The van der Waals surface area contributed by atoms with Crippen molar-refractivity contribution in [3.8, 4) is 29.0 Å². The van der Waals surface area contributed by atoms with Gasteiger partial charge in [-0.15, -0.1) is 10.2 Å². The monoisotopic (exact) mass is 347 g/mol. The summed E-state index contributed by atoms with van der Waals surface area (Å²) in [5.74, 6) is 2.22. The fraction of sp³-hybridized carbons (Fsp3) is 0.250. The number of para-hydroxylation sites is 1. The van der Waals surface area contributed by atoms with Gasteiger partial charge in [-0.3, -0.25) is 0 Å². The minimum Gasteiger partial charge on any atom is -0.483 e. The van der Waals surface area contributed by atoms with E-state index >= 15 is 0 Å². The number of hydrogen-bond acceptors (Lipinski definition) is 6. The Bertz CT molecular complexity index is 984. The molecule has 0 saturated heterocycles. The Balaban J connectivity index is 1.48. The van der Waals surface area contributed by atoms with Crippen LogP contribution >= 0.6 is 0 Å². The molecule has 0 atom stereocenters. The molecule has 130 valence electrons. The summed E-state index contributed by atoms with van der Waals surface area (Å²) in [6.45, 7) is 4.26. The average Bonchev–Trinajstić information content (AvgIpc) is 3.23. The Morgan fingerprint density at radius 2 is 1.96 bits per heavy atom. The third kappa shape index (κ3) is 3.11. The summed E-state index contributed by atoms with van der Waals surface area (Å²) in [6, 6.07) is 14.9. The van der Waals surface area contributed by atoms with Crippen LogP contribution in [0, 0.1) is 11.3 Å². The molecule has 6 nitrogen and oxygen atoms in total. The van der Waals surface area contributed by atoms with Gasteiger partial charge in [0.2, 0.25) is 5.89 Å². The lowest BCUT2D eigenvalue weighted by molar-refractivity contribution is 0.130. The molecule has 4 rings (SSSR count). The zero-order valence-electron chi connectivity index (χ0n) is 14.5. The number of fused-ring (bicyclic) bond motifs is 1. The van der Waals surface area contributed by atoms with Crippen LogP contribution in [0.5, 0.6) is 11.5 Å². The second-order valence-electron chi connectivity index (χ2n) is 6.76. The Morgan fingerprint density at radius 3 is 2.73 bits per heavy atom. The quantitative estimate of drug-likeness (QED) is 0.712. The third-order valence-corrected chi connectivity index (χ3v) is 4.13. The van der Waals surface area contributed by atoms with E-state index in [1.165, 1.54) is 0 Å². The normalized spacial score (nSPS) is 14.3. The maximum Gasteiger partial charge on any atom is 0.254 e. The van der Waals surface area contributed by atoms with Crippen LogP contribution in [0.15, 0.2) is 46.9 Å². The zero-order valence-corrected chi connectivity index (χ0v) is 14.5. The van der Waals surface area contributed by atoms with Gasteiger partial charge < -0.3 is 13.9 Å². The van der Waals surface area contributed by atoms with Crippen LogP contribution in [0.3, 0.4) is 0 Å². The van der Waals surface area contributed by atoms with Crippen molar-refractivity contribution in [1.82, 2.24) is 10.2 Å². The molecule has 0 radical (unpaired) electrons. The summed E-state index contributed by atoms with van der Waals surface area (Å²) in [5.41, 5.74) is 2.25. The van der Waals surface area contributed by atoms with Gasteiger partial charge >= 0.3 is 0 Å². The van der Waals surface area contributed by atoms with Crippen molar-refractivity contribution >= 4 is 0 Å². The number of hydrogen-bond donors (Lipinski definition) is 0. The van der Waals surface area contributed by atoms with Gasteiger partial charge in [-0.1, -0.05) is 12.1 Å². The predicted molar refractivity (Wildman–Crippen MR) is 93.6 cm³/mol. The summed E-state index contributed by atoms with van der Waals surface area (Å²) in [4.78, 5) is 0. The van der Waals surface area contributed by atoms with Crippen LogP contribution in [-0.2, 0) is 13.0 Å². The number of nitriles is 1. The smallest absolute Gasteiger partial charge is 0.254 e. The van der Waals surface area contributed by atoms with Gasteiger partial charge in [0.15, 0.2) is 18.1 Å². The van der Waals surface area contributed by atoms with Gasteiger partial charge in [0.05, 0.1) is 11.6 Å². The first-order valence-electron chi connectivity index (χ1n) is 8.31. The van der Waals surface area contributed by atoms with Crippen LogP contribution < -0.4 is 9.47 Å². The van der Waals surface area contributed by atoms with E-state index in [4.69, 9.17) is 19.2 Å². The predicted octanol–water partition coefficient (Wildman–Crippen LogP) is 3.90. The van der Waals surface area contributed by atoms with Crippen molar-refractivity contribution in [3.05, 3.63) is 59.5 Å². The molecule has 2 heterocycles. The Hall–Kier alpha value is -3.33. The van der Waals surface area contributed by atoms with E-state index in [9.17, 15) is 0 Å². The van der Waals surface area contributed by atoms with E-state index in [2.05, 4.69) is 30.1 Å². The number of aromatic nitrogens is 2. The molecule has 1 aromatic heterocycles. The molecule has 0 aliphatic carbocycles. The third-order valence-electron chi connectivity index (χ3n) is 4.13. The SMILES string of the molecule is CC1(C)Cc2cccc(OCc3nnc(-c4ccc(C#N)cc4)o3)c2O1. The molecular weight excluding hydrogens is 330 g/mol. The first-order valence-corrected chi connectivity index (χ1v) is 8.31. The summed E-state index contributed by atoms with van der Waals surface area (Å²) < 4.78 is 17.5. The topological polar surface area (TPSA) is 81.2 Å². The summed E-state index contributed by atoms with van der Waals surface area (Å²) in [5, 5.41) is 16.9. The van der Waals surface area contributed by atoms with E-state index in [1.807, 2.05) is 18.2 Å². The number of nitrogens with zero attached hydrogens (tertiary/aromatic N) is 3. The highest BCUT2D eigenvalue weighted by Gasteiger charge is 2.32.